The number of fused-ring (bicyclic) bond motifs is 1. The predicted molar refractivity (Wildman–Crippen MR) is 78.5 cm³/mol. The van der Waals surface area contributed by atoms with E-state index in [0.717, 1.165) is 18.5 Å². The van der Waals surface area contributed by atoms with Crippen LogP contribution in [0.5, 0.6) is 0 Å². The fourth-order valence-electron chi connectivity index (χ4n) is 2.16. The largest absolute Gasteiger partial charge is 0.368 e. The SMILES string of the molecule is Cn1c(N)nnc1SC1CCc2ccccc2NC1=O. The lowest BCUT2D eigenvalue weighted by Crippen LogP contribution is -2.24. The molecule has 20 heavy (non-hydrogen) atoms. The molecule has 2 heterocycles. The molecule has 1 aromatic heterocycles. The predicted octanol–water partition coefficient (Wildman–Crippen LogP) is 1.44. The molecule has 1 atom stereocenters. The molecular formula is C13H15N5OS. The number of aryl methyl sites for hydroxylation is 1. The molecule has 1 aliphatic rings. The summed E-state index contributed by atoms with van der Waals surface area (Å²) in [6.45, 7) is 0. The first kappa shape index (κ1) is 13.0. The van der Waals surface area contributed by atoms with Crippen molar-refractivity contribution >= 4 is 29.3 Å². The quantitative estimate of drug-likeness (QED) is 0.873. The number of carbonyl (C=O) groups excluding carboxylic acids is 1. The Morgan fingerprint density at radius 1 is 1.40 bits per heavy atom. The van der Waals surface area contributed by atoms with Crippen LogP contribution in [-0.4, -0.2) is 25.9 Å². The smallest absolute Gasteiger partial charge is 0.237 e. The van der Waals surface area contributed by atoms with Crippen molar-refractivity contribution in [3.05, 3.63) is 29.8 Å². The molecule has 104 valence electrons. The van der Waals surface area contributed by atoms with Crippen LogP contribution >= 0.6 is 11.8 Å². The van der Waals surface area contributed by atoms with Gasteiger partial charge in [0, 0.05) is 12.7 Å². The third-order valence-corrected chi connectivity index (χ3v) is 4.66. The van der Waals surface area contributed by atoms with Gasteiger partial charge < -0.3 is 11.1 Å². The first-order valence-electron chi connectivity index (χ1n) is 6.35. The molecule has 1 unspecified atom stereocenters. The molecule has 0 bridgehead atoms. The zero-order valence-electron chi connectivity index (χ0n) is 11.0. The van der Waals surface area contributed by atoms with Crippen molar-refractivity contribution in [1.29, 1.82) is 0 Å². The van der Waals surface area contributed by atoms with Crippen LogP contribution in [0.1, 0.15) is 12.0 Å². The van der Waals surface area contributed by atoms with E-state index in [4.69, 9.17) is 5.73 Å². The first-order chi connectivity index (χ1) is 9.65. The Hall–Kier alpha value is -2.02. The fraction of sp³-hybridized carbons (Fsp3) is 0.308. The van der Waals surface area contributed by atoms with Gasteiger partial charge in [0.2, 0.25) is 11.9 Å². The van der Waals surface area contributed by atoms with Crippen LogP contribution in [0.3, 0.4) is 0 Å². The Kier molecular flexibility index (Phi) is 3.35. The number of anilines is 2. The molecule has 2 aromatic rings. The van der Waals surface area contributed by atoms with Crippen molar-refractivity contribution in [1.82, 2.24) is 14.8 Å². The van der Waals surface area contributed by atoms with Gasteiger partial charge in [-0.2, -0.15) is 0 Å². The van der Waals surface area contributed by atoms with Crippen LogP contribution in [0.2, 0.25) is 0 Å². The second-order valence-corrected chi connectivity index (χ2v) is 5.86. The Balaban J connectivity index is 1.80. The lowest BCUT2D eigenvalue weighted by molar-refractivity contribution is -0.115. The Labute approximate surface area is 120 Å². The summed E-state index contributed by atoms with van der Waals surface area (Å²) >= 11 is 1.40. The topological polar surface area (TPSA) is 85.8 Å². The van der Waals surface area contributed by atoms with Crippen molar-refractivity contribution in [2.75, 3.05) is 11.1 Å². The van der Waals surface area contributed by atoms with E-state index in [-0.39, 0.29) is 11.2 Å². The van der Waals surface area contributed by atoms with Crippen molar-refractivity contribution < 1.29 is 4.79 Å². The number of hydrogen-bond donors (Lipinski definition) is 2. The molecule has 3 N–H and O–H groups in total. The number of amides is 1. The van der Waals surface area contributed by atoms with Crippen LogP contribution in [0, 0.1) is 0 Å². The number of carbonyl (C=O) groups is 1. The standard InChI is InChI=1S/C13H15N5OS/c1-18-12(14)16-17-13(18)20-10-7-6-8-4-2-3-5-9(8)15-11(10)19/h2-5,10H,6-7H2,1H3,(H2,14,16)(H,15,19). The summed E-state index contributed by atoms with van der Waals surface area (Å²) in [4.78, 5) is 12.3. The Morgan fingerprint density at radius 3 is 2.95 bits per heavy atom. The summed E-state index contributed by atoms with van der Waals surface area (Å²) < 4.78 is 1.69. The Bertz CT molecular complexity index is 654. The van der Waals surface area contributed by atoms with Gasteiger partial charge in [0.25, 0.3) is 0 Å². The maximum Gasteiger partial charge on any atom is 0.237 e. The highest BCUT2D eigenvalue weighted by Crippen LogP contribution is 2.30. The monoisotopic (exact) mass is 289 g/mol. The van der Waals surface area contributed by atoms with E-state index in [1.165, 1.54) is 17.3 Å². The number of thioether (sulfide) groups is 1. The van der Waals surface area contributed by atoms with Gasteiger partial charge in [-0.25, -0.2) is 0 Å². The van der Waals surface area contributed by atoms with E-state index in [9.17, 15) is 4.79 Å². The number of nitrogens with zero attached hydrogens (tertiary/aromatic N) is 3. The molecule has 0 radical (unpaired) electrons. The zero-order valence-corrected chi connectivity index (χ0v) is 11.9. The van der Waals surface area contributed by atoms with Crippen molar-refractivity contribution in [2.45, 2.75) is 23.2 Å². The maximum atomic E-state index is 12.3. The first-order valence-corrected chi connectivity index (χ1v) is 7.23. The number of benzene rings is 1. The molecule has 7 heteroatoms. The molecule has 0 spiro atoms. The van der Waals surface area contributed by atoms with Gasteiger partial charge in [0.15, 0.2) is 5.16 Å². The highest BCUT2D eigenvalue weighted by molar-refractivity contribution is 8.00. The maximum absolute atomic E-state index is 12.3. The number of para-hydroxylation sites is 1. The minimum absolute atomic E-state index is 0.00141. The van der Waals surface area contributed by atoms with Crippen LogP contribution in [-0.2, 0) is 18.3 Å². The lowest BCUT2D eigenvalue weighted by Gasteiger charge is -2.11. The number of nitrogens with one attached hydrogen (secondary N) is 1. The molecular weight excluding hydrogens is 274 g/mol. The molecule has 1 aliphatic heterocycles. The molecule has 6 nitrogen and oxygen atoms in total. The number of hydrogen-bond acceptors (Lipinski definition) is 5. The average Bonchev–Trinajstić information content (AvgIpc) is 2.67. The Morgan fingerprint density at radius 2 is 2.20 bits per heavy atom. The van der Waals surface area contributed by atoms with Crippen LogP contribution < -0.4 is 11.1 Å². The van der Waals surface area contributed by atoms with E-state index in [0.29, 0.717) is 11.1 Å². The number of nitrogen functional groups attached to an aromatic ring is 1. The van der Waals surface area contributed by atoms with Crippen LogP contribution in [0.15, 0.2) is 29.4 Å². The van der Waals surface area contributed by atoms with Gasteiger partial charge in [-0.15, -0.1) is 10.2 Å². The van der Waals surface area contributed by atoms with E-state index >= 15 is 0 Å². The van der Waals surface area contributed by atoms with Gasteiger partial charge in [0.05, 0.1) is 5.25 Å². The highest BCUT2D eigenvalue weighted by atomic mass is 32.2. The number of aromatic nitrogens is 3. The van der Waals surface area contributed by atoms with Gasteiger partial charge in [-0.3, -0.25) is 9.36 Å². The van der Waals surface area contributed by atoms with Crippen molar-refractivity contribution in [3.8, 4) is 0 Å². The summed E-state index contributed by atoms with van der Waals surface area (Å²) in [6, 6.07) is 7.89. The van der Waals surface area contributed by atoms with Crippen LogP contribution in [0.4, 0.5) is 11.6 Å². The molecule has 0 fully saturated rings. The minimum atomic E-state index is -0.190. The summed E-state index contributed by atoms with van der Waals surface area (Å²) in [7, 11) is 1.79. The minimum Gasteiger partial charge on any atom is -0.368 e. The third-order valence-electron chi connectivity index (χ3n) is 3.36. The van der Waals surface area contributed by atoms with Crippen LogP contribution in [0.25, 0.3) is 0 Å². The van der Waals surface area contributed by atoms with Crippen molar-refractivity contribution in [3.63, 3.8) is 0 Å². The molecule has 1 aromatic carbocycles. The summed E-state index contributed by atoms with van der Waals surface area (Å²) in [6.07, 6.45) is 1.63. The normalized spacial score (nSPS) is 18.2. The lowest BCUT2D eigenvalue weighted by atomic mass is 10.1. The molecule has 0 saturated carbocycles. The zero-order chi connectivity index (χ0) is 14.1. The number of nitrogens with two attached hydrogens (primary N) is 1. The van der Waals surface area contributed by atoms with E-state index in [1.54, 1.807) is 11.6 Å². The summed E-state index contributed by atoms with van der Waals surface area (Å²) in [5.74, 6) is 0.353. The number of rotatable bonds is 2. The van der Waals surface area contributed by atoms with Gasteiger partial charge in [0.1, 0.15) is 0 Å². The average molecular weight is 289 g/mol. The van der Waals surface area contributed by atoms with E-state index in [2.05, 4.69) is 15.5 Å². The second kappa shape index (κ2) is 5.16. The molecule has 0 aliphatic carbocycles. The van der Waals surface area contributed by atoms with E-state index in [1.807, 2.05) is 24.3 Å². The molecule has 1 amide bonds. The van der Waals surface area contributed by atoms with Gasteiger partial charge in [-0.05, 0) is 24.5 Å². The van der Waals surface area contributed by atoms with Crippen molar-refractivity contribution in [2.24, 2.45) is 7.05 Å². The fourth-order valence-corrected chi connectivity index (χ4v) is 3.16. The van der Waals surface area contributed by atoms with E-state index < -0.39 is 0 Å². The summed E-state index contributed by atoms with van der Waals surface area (Å²) in [5, 5.41) is 11.2. The van der Waals surface area contributed by atoms with Gasteiger partial charge in [-0.1, -0.05) is 30.0 Å². The second-order valence-electron chi connectivity index (χ2n) is 4.69. The molecule has 0 saturated heterocycles. The molecule has 3 rings (SSSR count). The summed E-state index contributed by atoms with van der Waals surface area (Å²) in [5.41, 5.74) is 7.72. The van der Waals surface area contributed by atoms with Gasteiger partial charge >= 0.3 is 0 Å². The highest BCUT2D eigenvalue weighted by Gasteiger charge is 2.26. The third kappa shape index (κ3) is 2.36.